The molecule has 0 amide bonds. The molecule has 30 heavy (non-hydrogen) atoms. The lowest BCUT2D eigenvalue weighted by Crippen LogP contribution is -2.34. The van der Waals surface area contributed by atoms with Crippen molar-refractivity contribution in [3.8, 4) is 17.3 Å². The molecule has 0 saturated heterocycles. The van der Waals surface area contributed by atoms with Crippen LogP contribution in [-0.2, 0) is 12.3 Å². The Labute approximate surface area is 176 Å². The van der Waals surface area contributed by atoms with Gasteiger partial charge in [0.2, 0.25) is 5.88 Å². The van der Waals surface area contributed by atoms with Gasteiger partial charge in [0.25, 0.3) is 11.1 Å². The second-order valence-electron chi connectivity index (χ2n) is 6.54. The summed E-state index contributed by atoms with van der Waals surface area (Å²) in [5.41, 5.74) is -4.80. The van der Waals surface area contributed by atoms with E-state index >= 15 is 0 Å². The Balaban J connectivity index is 2.04. The molecule has 0 aliphatic rings. The first-order valence-electron chi connectivity index (χ1n) is 8.31. The van der Waals surface area contributed by atoms with E-state index in [1.807, 2.05) is 4.98 Å². The van der Waals surface area contributed by atoms with Gasteiger partial charge in [-0.2, -0.15) is 9.78 Å². The molecule has 2 aromatic heterocycles. The number of nitrogens with one attached hydrogen (secondary N) is 2. The van der Waals surface area contributed by atoms with Crippen LogP contribution in [0, 0.1) is 0 Å². The highest BCUT2D eigenvalue weighted by atomic mass is 35.5. The Morgan fingerprint density at radius 3 is 2.37 bits per heavy atom. The SMILES string of the molecule is CC(C)(F)c1cc(Oc2c(Cl)cc(-n3nc(CO)c(=O)[nH]c3=O)cc2Cl)n[nH]c1=O. The highest BCUT2D eigenvalue weighted by Gasteiger charge is 2.24. The highest BCUT2D eigenvalue weighted by molar-refractivity contribution is 6.37. The smallest absolute Gasteiger partial charge is 0.349 e. The first kappa shape index (κ1) is 21.7. The molecule has 2 heterocycles. The predicted molar refractivity (Wildman–Crippen MR) is 105 cm³/mol. The van der Waals surface area contributed by atoms with Crippen LogP contribution in [0.1, 0.15) is 25.1 Å². The molecule has 10 nitrogen and oxygen atoms in total. The number of H-pyrrole nitrogens is 2. The zero-order chi connectivity index (χ0) is 22.2. The van der Waals surface area contributed by atoms with Crippen LogP contribution in [0.15, 0.2) is 32.6 Å². The molecule has 0 bridgehead atoms. The molecular weight excluding hydrogens is 444 g/mol. The van der Waals surface area contributed by atoms with Gasteiger partial charge in [-0.25, -0.2) is 14.3 Å². The van der Waals surface area contributed by atoms with Crippen LogP contribution in [0.5, 0.6) is 11.6 Å². The molecule has 0 aliphatic carbocycles. The second kappa shape index (κ2) is 8.01. The minimum atomic E-state index is -1.95. The number of halogens is 3. The summed E-state index contributed by atoms with van der Waals surface area (Å²) in [4.78, 5) is 37.4. The van der Waals surface area contributed by atoms with Gasteiger partial charge in [-0.3, -0.25) is 14.6 Å². The third-order valence-electron chi connectivity index (χ3n) is 3.90. The van der Waals surface area contributed by atoms with Crippen LogP contribution in [0.2, 0.25) is 10.0 Å². The van der Waals surface area contributed by atoms with Gasteiger partial charge in [-0.1, -0.05) is 23.2 Å². The number of nitrogens with zero attached hydrogens (tertiary/aromatic N) is 3. The minimum absolute atomic E-state index is 0.0722. The lowest BCUT2D eigenvalue weighted by Gasteiger charge is -2.15. The fraction of sp³-hybridized carbons (Fsp3) is 0.235. The number of benzene rings is 1. The van der Waals surface area contributed by atoms with Gasteiger partial charge >= 0.3 is 5.69 Å². The van der Waals surface area contributed by atoms with Crippen molar-refractivity contribution in [3.05, 3.63) is 70.7 Å². The quantitative estimate of drug-likeness (QED) is 0.529. The van der Waals surface area contributed by atoms with Crippen LogP contribution in [0.25, 0.3) is 5.69 Å². The Morgan fingerprint density at radius 2 is 1.80 bits per heavy atom. The first-order valence-corrected chi connectivity index (χ1v) is 9.06. The summed E-state index contributed by atoms with van der Waals surface area (Å²) in [5, 5.41) is 18.6. The summed E-state index contributed by atoms with van der Waals surface area (Å²) < 4.78 is 20.5. The number of rotatable bonds is 5. The molecule has 3 N–H and O–H groups in total. The van der Waals surface area contributed by atoms with Crippen LogP contribution < -0.4 is 21.5 Å². The third kappa shape index (κ3) is 4.27. The molecule has 0 radical (unpaired) electrons. The van der Waals surface area contributed by atoms with E-state index in [1.54, 1.807) is 0 Å². The molecule has 0 atom stereocenters. The van der Waals surface area contributed by atoms with E-state index in [2.05, 4.69) is 15.3 Å². The summed E-state index contributed by atoms with van der Waals surface area (Å²) in [7, 11) is 0. The van der Waals surface area contributed by atoms with Crippen molar-refractivity contribution < 1.29 is 14.2 Å². The van der Waals surface area contributed by atoms with Crippen molar-refractivity contribution in [3.63, 3.8) is 0 Å². The maximum Gasteiger partial charge on any atom is 0.349 e. The van der Waals surface area contributed by atoms with Crippen molar-refractivity contribution in [1.29, 1.82) is 0 Å². The number of aliphatic hydroxyl groups excluding tert-OH is 1. The van der Waals surface area contributed by atoms with Gasteiger partial charge in [0.15, 0.2) is 11.4 Å². The van der Waals surface area contributed by atoms with Gasteiger partial charge in [-0.05, 0) is 26.0 Å². The molecule has 3 aromatic rings. The van der Waals surface area contributed by atoms with Gasteiger partial charge < -0.3 is 9.84 Å². The third-order valence-corrected chi connectivity index (χ3v) is 4.46. The Morgan fingerprint density at radius 1 is 1.17 bits per heavy atom. The molecule has 13 heteroatoms. The molecule has 158 valence electrons. The van der Waals surface area contributed by atoms with Crippen molar-refractivity contribution >= 4 is 23.2 Å². The van der Waals surface area contributed by atoms with Crippen molar-refractivity contribution in [2.75, 3.05) is 0 Å². The number of alkyl halides is 1. The number of aromatic amines is 2. The van der Waals surface area contributed by atoms with Gasteiger partial charge in [-0.15, -0.1) is 5.10 Å². The lowest BCUT2D eigenvalue weighted by atomic mass is 10.0. The van der Waals surface area contributed by atoms with Crippen LogP contribution in [0.3, 0.4) is 0 Å². The zero-order valence-corrected chi connectivity index (χ0v) is 17.0. The maximum absolute atomic E-state index is 14.2. The first-order chi connectivity index (χ1) is 14.0. The number of aromatic nitrogens is 5. The van der Waals surface area contributed by atoms with Gasteiger partial charge in [0.1, 0.15) is 5.67 Å². The Kier molecular flexibility index (Phi) is 5.79. The van der Waals surface area contributed by atoms with E-state index in [0.29, 0.717) is 0 Å². The number of hydrogen-bond donors (Lipinski definition) is 3. The number of aliphatic hydroxyl groups is 1. The highest BCUT2D eigenvalue weighted by Crippen LogP contribution is 2.38. The zero-order valence-electron chi connectivity index (χ0n) is 15.5. The van der Waals surface area contributed by atoms with Crippen LogP contribution >= 0.6 is 23.2 Å². The fourth-order valence-corrected chi connectivity index (χ4v) is 3.02. The van der Waals surface area contributed by atoms with Crippen LogP contribution in [-0.4, -0.2) is 30.1 Å². The fourth-order valence-electron chi connectivity index (χ4n) is 2.46. The largest absolute Gasteiger partial charge is 0.434 e. The maximum atomic E-state index is 14.2. The van der Waals surface area contributed by atoms with Gasteiger partial charge in [0, 0.05) is 6.07 Å². The van der Waals surface area contributed by atoms with E-state index in [9.17, 15) is 18.8 Å². The molecule has 3 rings (SSSR count). The summed E-state index contributed by atoms with van der Waals surface area (Å²) in [5.74, 6) is -0.252. The molecular formula is C17H14Cl2FN5O5. The lowest BCUT2D eigenvalue weighted by molar-refractivity contribution is 0.217. The molecule has 0 fully saturated rings. The normalized spacial score (nSPS) is 11.5. The summed E-state index contributed by atoms with van der Waals surface area (Å²) in [6.07, 6.45) is 0. The molecule has 0 unspecified atom stereocenters. The van der Waals surface area contributed by atoms with Gasteiger partial charge in [0.05, 0.1) is 27.9 Å². The summed E-state index contributed by atoms with van der Waals surface area (Å²) in [6, 6.07) is 3.64. The topological polar surface area (TPSA) is 143 Å². The summed E-state index contributed by atoms with van der Waals surface area (Å²) in [6.45, 7) is 1.71. The second-order valence-corrected chi connectivity index (χ2v) is 7.35. The van der Waals surface area contributed by atoms with E-state index in [0.717, 1.165) is 10.7 Å². The number of hydrogen-bond acceptors (Lipinski definition) is 7. The molecule has 0 saturated carbocycles. The summed E-state index contributed by atoms with van der Waals surface area (Å²) >= 11 is 12.4. The monoisotopic (exact) mass is 457 g/mol. The average molecular weight is 458 g/mol. The Bertz CT molecular complexity index is 1270. The standard InChI is InChI=1S/C17H14Cl2FN5O5/c1-17(2,20)8-5-12(22-23-14(8)27)30-13-9(18)3-7(4-10(13)19)25-16(29)21-15(28)11(6-26)24-25/h3-5,26H,6H2,1-2H3,(H,23,27)(H,21,28,29). The average Bonchev–Trinajstić information content (AvgIpc) is 2.65. The van der Waals surface area contributed by atoms with Crippen LogP contribution in [0.4, 0.5) is 4.39 Å². The molecule has 0 aliphatic heterocycles. The number of ether oxygens (including phenoxy) is 1. The van der Waals surface area contributed by atoms with Crippen molar-refractivity contribution in [2.24, 2.45) is 0 Å². The van der Waals surface area contributed by atoms with E-state index in [1.165, 1.54) is 26.0 Å². The molecule has 0 spiro atoms. The Hall–Kier alpha value is -3.02. The van der Waals surface area contributed by atoms with Crippen molar-refractivity contribution in [2.45, 2.75) is 26.1 Å². The van der Waals surface area contributed by atoms with Crippen molar-refractivity contribution in [1.82, 2.24) is 25.0 Å². The minimum Gasteiger partial charge on any atom is -0.434 e. The van der Waals surface area contributed by atoms with E-state index in [4.69, 9.17) is 33.0 Å². The predicted octanol–water partition coefficient (Wildman–Crippen LogP) is 1.80. The van der Waals surface area contributed by atoms with E-state index < -0.39 is 29.1 Å². The van der Waals surface area contributed by atoms with E-state index in [-0.39, 0.29) is 38.6 Å². The molecule has 1 aromatic carbocycles.